The summed E-state index contributed by atoms with van der Waals surface area (Å²) >= 11 is 0. The number of hydrogen-bond acceptors (Lipinski definition) is 5. The zero-order chi connectivity index (χ0) is 16.0. The van der Waals surface area contributed by atoms with E-state index in [1.54, 1.807) is 6.20 Å². The highest BCUT2D eigenvalue weighted by Gasteiger charge is 2.15. The average Bonchev–Trinajstić information content (AvgIpc) is 3.04. The van der Waals surface area contributed by atoms with Gasteiger partial charge in [0.2, 0.25) is 0 Å². The van der Waals surface area contributed by atoms with Crippen LogP contribution in [0.4, 0.5) is 11.5 Å². The monoisotopic (exact) mass is 307 g/mol. The number of anilines is 2. The lowest BCUT2D eigenvalue weighted by molar-refractivity contribution is 0.529. The molecule has 7 nitrogen and oxygen atoms in total. The maximum atomic E-state index is 4.64. The molecule has 0 fully saturated rings. The van der Waals surface area contributed by atoms with Gasteiger partial charge >= 0.3 is 0 Å². The van der Waals surface area contributed by atoms with Crippen LogP contribution in [0.25, 0.3) is 16.6 Å². The number of allylic oxidation sites excluding steroid dienone is 4. The van der Waals surface area contributed by atoms with Crippen LogP contribution in [0.1, 0.15) is 31.4 Å². The molecule has 1 aliphatic carbocycles. The fraction of sp³-hybridized carbons (Fsp3) is 0.250. The van der Waals surface area contributed by atoms with E-state index in [1.165, 1.54) is 0 Å². The van der Waals surface area contributed by atoms with E-state index in [2.05, 4.69) is 44.4 Å². The van der Waals surface area contributed by atoms with Gasteiger partial charge in [0, 0.05) is 17.8 Å². The second kappa shape index (κ2) is 5.05. The Kier molecular flexibility index (Phi) is 3.00. The summed E-state index contributed by atoms with van der Waals surface area (Å²) in [7, 11) is 0. The fourth-order valence-electron chi connectivity index (χ4n) is 2.40. The number of fused-ring (bicyclic) bond motifs is 1. The highest BCUT2D eigenvalue weighted by Crippen LogP contribution is 2.27. The first-order valence-corrected chi connectivity index (χ1v) is 7.54. The predicted octanol–water partition coefficient (Wildman–Crippen LogP) is 3.14. The third kappa shape index (κ3) is 2.30. The number of aromatic nitrogens is 6. The Morgan fingerprint density at radius 1 is 1.26 bits per heavy atom. The number of aromatic amines is 1. The van der Waals surface area contributed by atoms with E-state index in [0.29, 0.717) is 17.7 Å². The third-order valence-corrected chi connectivity index (χ3v) is 3.81. The molecule has 0 saturated heterocycles. The molecule has 0 unspecified atom stereocenters. The van der Waals surface area contributed by atoms with E-state index in [-0.39, 0.29) is 0 Å². The number of hydrogen-bond donors (Lipinski definition) is 2. The summed E-state index contributed by atoms with van der Waals surface area (Å²) < 4.78 is 1.93. The largest absolute Gasteiger partial charge is 0.336 e. The molecule has 0 amide bonds. The highest BCUT2D eigenvalue weighted by atomic mass is 15.3. The second-order valence-electron chi connectivity index (χ2n) is 5.83. The van der Waals surface area contributed by atoms with Crippen LogP contribution in [0.15, 0.2) is 30.6 Å². The first-order chi connectivity index (χ1) is 11.1. The van der Waals surface area contributed by atoms with Crippen LogP contribution in [0.5, 0.6) is 0 Å². The zero-order valence-corrected chi connectivity index (χ0v) is 13.2. The lowest BCUT2D eigenvalue weighted by atomic mass is 10.1. The van der Waals surface area contributed by atoms with Crippen LogP contribution < -0.4 is 5.32 Å². The van der Waals surface area contributed by atoms with Crippen molar-refractivity contribution in [3.8, 4) is 0 Å². The molecule has 3 aromatic heterocycles. The van der Waals surface area contributed by atoms with Gasteiger partial charge in [0.25, 0.3) is 0 Å². The van der Waals surface area contributed by atoms with Gasteiger partial charge in [-0.2, -0.15) is 10.2 Å². The van der Waals surface area contributed by atoms with Gasteiger partial charge in [-0.3, -0.25) is 9.78 Å². The van der Waals surface area contributed by atoms with Gasteiger partial charge < -0.3 is 5.32 Å². The maximum absolute atomic E-state index is 4.64. The number of rotatable bonds is 4. The van der Waals surface area contributed by atoms with Gasteiger partial charge in [-0.25, -0.2) is 9.97 Å². The van der Waals surface area contributed by atoms with E-state index in [9.17, 15) is 0 Å². The van der Waals surface area contributed by atoms with Gasteiger partial charge in [0.15, 0.2) is 11.6 Å². The van der Waals surface area contributed by atoms with Crippen molar-refractivity contribution in [1.82, 2.24) is 29.9 Å². The van der Waals surface area contributed by atoms with Crippen LogP contribution in [-0.2, 0) is 0 Å². The minimum atomic E-state index is 0.308. The second-order valence-corrected chi connectivity index (χ2v) is 5.83. The van der Waals surface area contributed by atoms with Crippen molar-refractivity contribution in [2.24, 2.45) is 0 Å². The van der Waals surface area contributed by atoms with Crippen molar-refractivity contribution >= 4 is 28.1 Å². The summed E-state index contributed by atoms with van der Waals surface area (Å²) in [6.07, 6.45) is 9.66. The van der Waals surface area contributed by atoms with Gasteiger partial charge in [-0.1, -0.05) is 18.2 Å². The molecule has 1 aliphatic rings. The van der Waals surface area contributed by atoms with Crippen LogP contribution in [0.3, 0.4) is 0 Å². The van der Waals surface area contributed by atoms with Gasteiger partial charge in [-0.05, 0) is 20.8 Å². The Bertz CT molecular complexity index is 943. The summed E-state index contributed by atoms with van der Waals surface area (Å²) in [4.78, 5) is 9.17. The summed E-state index contributed by atoms with van der Waals surface area (Å²) in [6.45, 7) is 6.17. The Morgan fingerprint density at radius 3 is 2.74 bits per heavy atom. The van der Waals surface area contributed by atoms with Gasteiger partial charge in [-0.15, -0.1) is 0 Å². The van der Waals surface area contributed by atoms with Gasteiger partial charge in [0.1, 0.15) is 11.0 Å². The van der Waals surface area contributed by atoms with E-state index >= 15 is 0 Å². The van der Waals surface area contributed by atoms with Crippen molar-refractivity contribution in [2.45, 2.75) is 26.8 Å². The molecule has 3 aromatic rings. The van der Waals surface area contributed by atoms with Crippen LogP contribution in [0, 0.1) is 6.92 Å². The van der Waals surface area contributed by atoms with Crippen molar-refractivity contribution in [3.05, 3.63) is 42.1 Å². The minimum absolute atomic E-state index is 0.308. The van der Waals surface area contributed by atoms with Crippen molar-refractivity contribution in [2.75, 3.05) is 5.32 Å². The lowest BCUT2D eigenvalue weighted by Gasteiger charge is -2.10. The van der Waals surface area contributed by atoms with E-state index < -0.39 is 0 Å². The van der Waals surface area contributed by atoms with Crippen LogP contribution >= 0.6 is 0 Å². The number of nitrogens with zero attached hydrogens (tertiary/aromatic N) is 5. The molecule has 4 rings (SSSR count). The summed E-state index contributed by atoms with van der Waals surface area (Å²) in [5.74, 6) is 1.40. The number of H-pyrrole nitrogens is 1. The number of aryl methyl sites for hydroxylation is 1. The lowest BCUT2D eigenvalue weighted by Crippen LogP contribution is -2.02. The zero-order valence-electron chi connectivity index (χ0n) is 13.2. The van der Waals surface area contributed by atoms with E-state index in [4.69, 9.17) is 0 Å². The first-order valence-electron chi connectivity index (χ1n) is 7.54. The molecule has 0 spiro atoms. The fourth-order valence-corrected chi connectivity index (χ4v) is 2.40. The van der Waals surface area contributed by atoms with E-state index in [1.807, 2.05) is 36.0 Å². The van der Waals surface area contributed by atoms with Crippen molar-refractivity contribution in [3.63, 3.8) is 0 Å². The molecule has 0 aliphatic heterocycles. The highest BCUT2D eigenvalue weighted by molar-refractivity contribution is 5.89. The standard InChI is InChI=1S/C16H17N7/c1-9(2)23-8-13(10(3)22-23)19-16-14-12(7-17-21-14)18-15(20-16)11-5-4-6-11/h4-9H,1-3H3,(H,17,21)(H,18,19,20). The molecule has 0 bridgehead atoms. The van der Waals surface area contributed by atoms with Gasteiger partial charge in [0.05, 0.1) is 17.6 Å². The number of nitrogens with one attached hydrogen (secondary N) is 2. The van der Waals surface area contributed by atoms with Crippen LogP contribution in [0.2, 0.25) is 0 Å². The summed E-state index contributed by atoms with van der Waals surface area (Å²) in [6, 6.07) is 0.308. The molecule has 2 N–H and O–H groups in total. The predicted molar refractivity (Wildman–Crippen MR) is 89.4 cm³/mol. The Morgan fingerprint density at radius 2 is 2.09 bits per heavy atom. The van der Waals surface area contributed by atoms with E-state index in [0.717, 1.165) is 28.0 Å². The normalized spacial score (nSPS) is 13.5. The smallest absolute Gasteiger partial charge is 0.162 e. The average molecular weight is 307 g/mol. The summed E-state index contributed by atoms with van der Waals surface area (Å²) in [5.41, 5.74) is 4.44. The van der Waals surface area contributed by atoms with Crippen molar-refractivity contribution < 1.29 is 0 Å². The quantitative estimate of drug-likeness (QED) is 0.773. The molecule has 3 heterocycles. The SMILES string of the molecule is Cc1nn(C(C)C)cc1Nc1nc(C2=CC=C2)nc2cn[nH]c12. The molecule has 0 saturated carbocycles. The molecule has 7 heteroatoms. The third-order valence-electron chi connectivity index (χ3n) is 3.81. The molecule has 23 heavy (non-hydrogen) atoms. The molecule has 116 valence electrons. The minimum Gasteiger partial charge on any atom is -0.336 e. The molecular weight excluding hydrogens is 290 g/mol. The summed E-state index contributed by atoms with van der Waals surface area (Å²) in [5, 5.41) is 14.9. The Labute approximate surface area is 133 Å². The topological polar surface area (TPSA) is 84.3 Å². The maximum Gasteiger partial charge on any atom is 0.162 e. The molecule has 0 atom stereocenters. The molecule has 0 aromatic carbocycles. The molecular formula is C16H17N7. The molecule has 0 radical (unpaired) electrons. The first kappa shape index (κ1) is 13.7. The van der Waals surface area contributed by atoms with Crippen molar-refractivity contribution in [1.29, 1.82) is 0 Å². The Balaban J connectivity index is 1.77. The van der Waals surface area contributed by atoms with Crippen LogP contribution in [-0.4, -0.2) is 29.9 Å². The Hall–Kier alpha value is -2.96.